The Kier molecular flexibility index (Phi) is 5.43. The van der Waals surface area contributed by atoms with Crippen molar-refractivity contribution in [1.29, 1.82) is 0 Å². The number of nitrogens with one attached hydrogen (secondary N) is 2. The third-order valence-electron chi connectivity index (χ3n) is 2.80. The topological polar surface area (TPSA) is 87.7 Å². The van der Waals surface area contributed by atoms with Crippen LogP contribution in [0.2, 0.25) is 5.02 Å². The van der Waals surface area contributed by atoms with Crippen molar-refractivity contribution in [3.63, 3.8) is 0 Å². The summed E-state index contributed by atoms with van der Waals surface area (Å²) in [7, 11) is 1.49. The molecule has 21 heavy (non-hydrogen) atoms. The number of carbonyl (C=O) groups excluding carboxylic acids is 1. The van der Waals surface area contributed by atoms with Crippen molar-refractivity contribution >= 4 is 29.3 Å². The van der Waals surface area contributed by atoms with Gasteiger partial charge in [-0.2, -0.15) is 0 Å². The van der Waals surface area contributed by atoms with E-state index in [0.29, 0.717) is 16.5 Å². The molecule has 116 valence electrons. The Morgan fingerprint density at radius 1 is 1.33 bits per heavy atom. The number of ether oxygens (including phenoxy) is 1. The molecule has 1 atom stereocenters. The zero-order valence-corrected chi connectivity index (χ0v) is 13.1. The molecule has 0 aliphatic carbocycles. The molecule has 7 heteroatoms. The Labute approximate surface area is 128 Å². The van der Waals surface area contributed by atoms with Crippen LogP contribution in [0.1, 0.15) is 20.8 Å². The number of carboxylic acid groups (broad SMARTS) is 1. The van der Waals surface area contributed by atoms with Crippen molar-refractivity contribution in [1.82, 2.24) is 5.32 Å². The van der Waals surface area contributed by atoms with Crippen LogP contribution in [0.25, 0.3) is 0 Å². The third kappa shape index (κ3) is 4.82. The van der Waals surface area contributed by atoms with E-state index in [2.05, 4.69) is 10.6 Å². The number of hydrogen-bond donors (Lipinski definition) is 3. The Hall–Kier alpha value is -1.95. The van der Waals surface area contributed by atoms with Crippen molar-refractivity contribution in [2.75, 3.05) is 12.4 Å². The van der Waals surface area contributed by atoms with E-state index in [1.165, 1.54) is 13.2 Å². The molecule has 1 aromatic carbocycles. The zero-order valence-electron chi connectivity index (χ0n) is 12.4. The quantitative estimate of drug-likeness (QED) is 0.797. The number of methoxy groups -OCH3 is 1. The van der Waals surface area contributed by atoms with Crippen molar-refractivity contribution in [2.24, 2.45) is 5.41 Å². The maximum absolute atomic E-state index is 11.9. The second-order valence-corrected chi connectivity index (χ2v) is 5.99. The van der Waals surface area contributed by atoms with E-state index in [9.17, 15) is 9.59 Å². The van der Waals surface area contributed by atoms with E-state index in [1.807, 2.05) is 0 Å². The summed E-state index contributed by atoms with van der Waals surface area (Å²) >= 11 is 5.95. The van der Waals surface area contributed by atoms with Crippen LogP contribution in [-0.2, 0) is 4.79 Å². The molecule has 0 bridgehead atoms. The average molecular weight is 315 g/mol. The normalized spacial score (nSPS) is 12.4. The van der Waals surface area contributed by atoms with Gasteiger partial charge in [-0.3, -0.25) is 0 Å². The lowest BCUT2D eigenvalue weighted by atomic mass is 9.87. The minimum Gasteiger partial charge on any atom is -0.495 e. The smallest absolute Gasteiger partial charge is 0.326 e. The molecule has 0 unspecified atom stereocenters. The summed E-state index contributed by atoms with van der Waals surface area (Å²) in [6.45, 7) is 5.20. The lowest BCUT2D eigenvalue weighted by molar-refractivity contribution is -0.141. The molecule has 0 saturated carbocycles. The first-order chi connectivity index (χ1) is 9.65. The second kappa shape index (κ2) is 6.67. The molecule has 0 saturated heterocycles. The van der Waals surface area contributed by atoms with E-state index >= 15 is 0 Å². The summed E-state index contributed by atoms with van der Waals surface area (Å²) < 4.78 is 5.01. The lowest BCUT2D eigenvalue weighted by Gasteiger charge is -2.27. The maximum atomic E-state index is 11.9. The Bertz CT molecular complexity index is 540. The molecule has 0 aliphatic heterocycles. The molecule has 0 aliphatic rings. The fourth-order valence-electron chi connectivity index (χ4n) is 1.69. The van der Waals surface area contributed by atoms with Gasteiger partial charge in [0, 0.05) is 5.69 Å². The van der Waals surface area contributed by atoms with Gasteiger partial charge in [-0.15, -0.1) is 0 Å². The van der Waals surface area contributed by atoms with E-state index in [4.69, 9.17) is 21.4 Å². The van der Waals surface area contributed by atoms with Gasteiger partial charge in [-0.25, -0.2) is 9.59 Å². The number of halogens is 1. The van der Waals surface area contributed by atoms with Gasteiger partial charge in [0.1, 0.15) is 11.8 Å². The summed E-state index contributed by atoms with van der Waals surface area (Å²) in [5.74, 6) is -0.605. The van der Waals surface area contributed by atoms with E-state index in [-0.39, 0.29) is 0 Å². The van der Waals surface area contributed by atoms with E-state index in [1.54, 1.807) is 32.9 Å². The zero-order chi connectivity index (χ0) is 16.2. The first-order valence-corrected chi connectivity index (χ1v) is 6.67. The van der Waals surface area contributed by atoms with Gasteiger partial charge in [0.25, 0.3) is 0 Å². The highest BCUT2D eigenvalue weighted by Crippen LogP contribution is 2.27. The van der Waals surface area contributed by atoms with Gasteiger partial charge in [0.15, 0.2) is 0 Å². The van der Waals surface area contributed by atoms with Crippen molar-refractivity contribution in [3.05, 3.63) is 23.2 Å². The predicted octanol–water partition coefficient (Wildman–Crippen LogP) is 2.97. The van der Waals surface area contributed by atoms with Gasteiger partial charge >= 0.3 is 12.0 Å². The highest BCUT2D eigenvalue weighted by Gasteiger charge is 2.32. The molecule has 6 nitrogen and oxygen atoms in total. The summed E-state index contributed by atoms with van der Waals surface area (Å²) in [5, 5.41) is 14.5. The van der Waals surface area contributed by atoms with Crippen LogP contribution in [0, 0.1) is 5.41 Å². The van der Waals surface area contributed by atoms with Crippen LogP contribution < -0.4 is 15.4 Å². The van der Waals surface area contributed by atoms with Gasteiger partial charge in [-0.1, -0.05) is 32.4 Å². The predicted molar refractivity (Wildman–Crippen MR) is 81.0 cm³/mol. The second-order valence-electron chi connectivity index (χ2n) is 5.59. The molecule has 1 rings (SSSR count). The number of aliphatic carboxylic acids is 1. The number of rotatable bonds is 4. The van der Waals surface area contributed by atoms with Gasteiger partial charge in [0.2, 0.25) is 0 Å². The Morgan fingerprint density at radius 3 is 2.38 bits per heavy atom. The fraction of sp³-hybridized carbons (Fsp3) is 0.429. The van der Waals surface area contributed by atoms with Crippen LogP contribution in [0.15, 0.2) is 18.2 Å². The van der Waals surface area contributed by atoms with Crippen LogP contribution in [0.4, 0.5) is 10.5 Å². The molecule has 0 radical (unpaired) electrons. The molecular weight excluding hydrogens is 296 g/mol. The standard InChI is InChI=1S/C14H19ClN2O4/c1-14(2,3)11(12(18)19)17-13(20)16-8-5-6-10(21-4)9(15)7-8/h5-7,11H,1-4H3,(H,18,19)(H2,16,17,20)/t11-/m1/s1. The number of amides is 2. The first-order valence-electron chi connectivity index (χ1n) is 6.29. The summed E-state index contributed by atoms with van der Waals surface area (Å²) in [5.41, 5.74) is -0.169. The maximum Gasteiger partial charge on any atom is 0.326 e. The van der Waals surface area contributed by atoms with Crippen LogP contribution in [0.5, 0.6) is 5.75 Å². The van der Waals surface area contributed by atoms with Crippen molar-refractivity contribution in [3.8, 4) is 5.75 Å². The number of hydrogen-bond acceptors (Lipinski definition) is 3. The SMILES string of the molecule is COc1ccc(NC(=O)N[C@H](C(=O)O)C(C)(C)C)cc1Cl. The van der Waals surface area contributed by atoms with Crippen molar-refractivity contribution < 1.29 is 19.4 Å². The minimum atomic E-state index is -1.09. The van der Waals surface area contributed by atoms with Crippen LogP contribution in [-0.4, -0.2) is 30.3 Å². The highest BCUT2D eigenvalue weighted by molar-refractivity contribution is 6.32. The van der Waals surface area contributed by atoms with E-state index in [0.717, 1.165) is 0 Å². The van der Waals surface area contributed by atoms with Gasteiger partial charge < -0.3 is 20.5 Å². The highest BCUT2D eigenvalue weighted by atomic mass is 35.5. The van der Waals surface area contributed by atoms with Crippen LogP contribution >= 0.6 is 11.6 Å². The van der Waals surface area contributed by atoms with Crippen molar-refractivity contribution in [2.45, 2.75) is 26.8 Å². The third-order valence-corrected chi connectivity index (χ3v) is 3.09. The molecule has 3 N–H and O–H groups in total. The summed E-state index contributed by atoms with van der Waals surface area (Å²) in [6.07, 6.45) is 0. The molecule has 0 heterocycles. The van der Waals surface area contributed by atoms with Crippen LogP contribution in [0.3, 0.4) is 0 Å². The molecule has 0 spiro atoms. The number of benzene rings is 1. The molecule has 0 fully saturated rings. The Morgan fingerprint density at radius 2 is 1.95 bits per heavy atom. The minimum absolute atomic E-state index is 0.348. The molecule has 0 aromatic heterocycles. The largest absolute Gasteiger partial charge is 0.495 e. The summed E-state index contributed by atoms with van der Waals surface area (Å²) in [6, 6.07) is 3.12. The average Bonchev–Trinajstić information content (AvgIpc) is 2.34. The number of anilines is 1. The van der Waals surface area contributed by atoms with E-state index < -0.39 is 23.5 Å². The molecule has 2 amide bonds. The molecular formula is C14H19ClN2O4. The number of carboxylic acids is 1. The number of carbonyl (C=O) groups is 2. The number of urea groups is 1. The monoisotopic (exact) mass is 314 g/mol. The first kappa shape index (κ1) is 17.1. The Balaban J connectivity index is 2.77. The van der Waals surface area contributed by atoms with Gasteiger partial charge in [-0.05, 0) is 23.6 Å². The summed E-state index contributed by atoms with van der Waals surface area (Å²) in [4.78, 5) is 23.1. The lowest BCUT2D eigenvalue weighted by Crippen LogP contribution is -2.50. The fourth-order valence-corrected chi connectivity index (χ4v) is 1.95. The molecule has 1 aromatic rings. The van der Waals surface area contributed by atoms with Gasteiger partial charge in [0.05, 0.1) is 12.1 Å².